The normalized spacial score (nSPS) is 21.3. The van der Waals surface area contributed by atoms with Gasteiger partial charge in [-0.1, -0.05) is 18.0 Å². The fourth-order valence-corrected chi connectivity index (χ4v) is 4.61. The van der Waals surface area contributed by atoms with Crippen molar-refractivity contribution in [1.82, 2.24) is 19.9 Å². The molecule has 0 bridgehead atoms. The van der Waals surface area contributed by atoms with Gasteiger partial charge < -0.3 is 15.2 Å². The predicted octanol–water partition coefficient (Wildman–Crippen LogP) is 3.57. The van der Waals surface area contributed by atoms with Crippen LogP contribution in [-0.2, 0) is 22.6 Å². The second-order valence-electron chi connectivity index (χ2n) is 7.97. The Morgan fingerprint density at radius 2 is 2.03 bits per heavy atom. The number of pyridine rings is 1. The van der Waals surface area contributed by atoms with Gasteiger partial charge in [-0.3, -0.25) is 9.59 Å². The first-order chi connectivity index (χ1) is 14.0. The lowest BCUT2D eigenvalue weighted by molar-refractivity contribution is -0.123. The number of hydrogen-bond acceptors (Lipinski definition) is 4. The molecule has 1 fully saturated rings. The number of amides is 2. The number of aromatic nitrogens is 3. The molecule has 2 aromatic rings. The summed E-state index contributed by atoms with van der Waals surface area (Å²) in [7, 11) is 0. The molecule has 7 nitrogen and oxygen atoms in total. The van der Waals surface area contributed by atoms with Crippen molar-refractivity contribution >= 4 is 29.2 Å². The summed E-state index contributed by atoms with van der Waals surface area (Å²) in [6.45, 7) is 2.44. The minimum Gasteiger partial charge on any atom is -0.354 e. The van der Waals surface area contributed by atoms with Crippen molar-refractivity contribution in [2.45, 2.75) is 64.5 Å². The third-order valence-corrected chi connectivity index (χ3v) is 6.11. The molecule has 1 aliphatic heterocycles. The molecule has 0 aromatic carbocycles. The molecular weight excluding hydrogens is 390 g/mol. The number of anilines is 1. The number of nitrogens with zero attached hydrogens (tertiary/aromatic N) is 3. The number of carbonyl (C=O) groups excluding carboxylic acids is 2. The molecule has 1 unspecified atom stereocenters. The standard InChI is InChI=1S/C21H26ClN5O2/c1-13(28)25-15-6-4-5-14(9-15)21(29)26-19-10-16(17(22)11-23-19)18-12-24-20-7-2-3-8-27(18)20/h10-12,14-15H,2-9H2,1H3,(H,25,28)(H,23,26,29)/t14-,15?/m1/s1. The average Bonchev–Trinajstić information content (AvgIpc) is 3.13. The molecule has 1 saturated carbocycles. The molecule has 4 rings (SSSR count). The van der Waals surface area contributed by atoms with Gasteiger partial charge in [-0.2, -0.15) is 0 Å². The van der Waals surface area contributed by atoms with Crippen molar-refractivity contribution < 1.29 is 9.59 Å². The Morgan fingerprint density at radius 3 is 2.86 bits per heavy atom. The van der Waals surface area contributed by atoms with Gasteiger partial charge in [0.1, 0.15) is 11.6 Å². The zero-order chi connectivity index (χ0) is 20.4. The van der Waals surface area contributed by atoms with Crippen molar-refractivity contribution in [3.63, 3.8) is 0 Å². The topological polar surface area (TPSA) is 88.9 Å². The number of aryl methyl sites for hydroxylation is 1. The predicted molar refractivity (Wildman–Crippen MR) is 112 cm³/mol. The number of halogens is 1. The van der Waals surface area contributed by atoms with Crippen LogP contribution in [0.1, 0.15) is 51.3 Å². The molecule has 154 valence electrons. The lowest BCUT2D eigenvalue weighted by atomic mass is 9.85. The van der Waals surface area contributed by atoms with E-state index in [1.165, 1.54) is 6.92 Å². The fraction of sp³-hybridized carbons (Fsp3) is 0.524. The molecule has 0 radical (unpaired) electrons. The summed E-state index contributed by atoms with van der Waals surface area (Å²) >= 11 is 6.43. The van der Waals surface area contributed by atoms with Crippen molar-refractivity contribution in [2.24, 2.45) is 5.92 Å². The van der Waals surface area contributed by atoms with Gasteiger partial charge in [0.2, 0.25) is 11.8 Å². The van der Waals surface area contributed by atoms with Crippen LogP contribution in [0.4, 0.5) is 5.82 Å². The third kappa shape index (κ3) is 4.45. The van der Waals surface area contributed by atoms with Gasteiger partial charge in [-0.15, -0.1) is 0 Å². The average molecular weight is 416 g/mol. The van der Waals surface area contributed by atoms with Gasteiger partial charge in [0, 0.05) is 43.6 Å². The smallest absolute Gasteiger partial charge is 0.228 e. The number of imidazole rings is 1. The molecule has 3 heterocycles. The second-order valence-corrected chi connectivity index (χ2v) is 8.38. The van der Waals surface area contributed by atoms with Crippen LogP contribution in [0.15, 0.2) is 18.5 Å². The summed E-state index contributed by atoms with van der Waals surface area (Å²) in [5.41, 5.74) is 1.79. The number of nitrogens with one attached hydrogen (secondary N) is 2. The molecule has 2 N–H and O–H groups in total. The molecule has 2 atom stereocenters. The Hall–Kier alpha value is -2.41. The summed E-state index contributed by atoms with van der Waals surface area (Å²) in [4.78, 5) is 33.0. The van der Waals surface area contributed by atoms with E-state index in [4.69, 9.17) is 11.6 Å². The van der Waals surface area contributed by atoms with Crippen LogP contribution in [0, 0.1) is 5.92 Å². The SMILES string of the molecule is CC(=O)NC1CCC[C@@H](C(=O)Nc2cc(-c3cnc4n3CCCC4)c(Cl)cn2)C1. The van der Waals surface area contributed by atoms with E-state index in [2.05, 4.69) is 25.2 Å². The maximum Gasteiger partial charge on any atom is 0.228 e. The van der Waals surface area contributed by atoms with E-state index < -0.39 is 0 Å². The number of rotatable bonds is 4. The van der Waals surface area contributed by atoms with Gasteiger partial charge in [-0.25, -0.2) is 9.97 Å². The quantitative estimate of drug-likeness (QED) is 0.798. The van der Waals surface area contributed by atoms with Gasteiger partial charge in [0.25, 0.3) is 0 Å². The van der Waals surface area contributed by atoms with Gasteiger partial charge in [-0.05, 0) is 38.2 Å². The molecule has 0 saturated heterocycles. The third-order valence-electron chi connectivity index (χ3n) is 5.81. The van der Waals surface area contributed by atoms with Crippen LogP contribution < -0.4 is 10.6 Å². The van der Waals surface area contributed by atoms with E-state index in [-0.39, 0.29) is 23.8 Å². The largest absolute Gasteiger partial charge is 0.354 e. The highest BCUT2D eigenvalue weighted by Gasteiger charge is 2.28. The minimum absolute atomic E-state index is 0.0517. The first-order valence-electron chi connectivity index (χ1n) is 10.3. The van der Waals surface area contributed by atoms with E-state index in [0.29, 0.717) is 17.3 Å². The van der Waals surface area contributed by atoms with Crippen molar-refractivity contribution in [2.75, 3.05) is 5.32 Å². The van der Waals surface area contributed by atoms with Crippen molar-refractivity contribution in [1.29, 1.82) is 0 Å². The molecule has 2 amide bonds. The lowest BCUT2D eigenvalue weighted by Crippen LogP contribution is -2.40. The molecule has 0 spiro atoms. The number of hydrogen-bond donors (Lipinski definition) is 2. The molecule has 29 heavy (non-hydrogen) atoms. The van der Waals surface area contributed by atoms with Gasteiger partial charge in [0.15, 0.2) is 0 Å². The van der Waals surface area contributed by atoms with Crippen LogP contribution in [-0.4, -0.2) is 32.4 Å². The minimum atomic E-state index is -0.135. The van der Waals surface area contributed by atoms with Crippen LogP contribution in [0.25, 0.3) is 11.3 Å². The van der Waals surface area contributed by atoms with E-state index in [9.17, 15) is 9.59 Å². The second kappa shape index (κ2) is 8.53. The lowest BCUT2D eigenvalue weighted by Gasteiger charge is -2.28. The van der Waals surface area contributed by atoms with Crippen LogP contribution >= 0.6 is 11.6 Å². The highest BCUT2D eigenvalue weighted by atomic mass is 35.5. The first-order valence-corrected chi connectivity index (χ1v) is 10.7. The van der Waals surface area contributed by atoms with Gasteiger partial charge in [0.05, 0.1) is 16.9 Å². The highest BCUT2D eigenvalue weighted by Crippen LogP contribution is 2.32. The van der Waals surface area contributed by atoms with E-state index >= 15 is 0 Å². The Labute approximate surface area is 175 Å². The first kappa shape index (κ1) is 19.9. The van der Waals surface area contributed by atoms with Crippen LogP contribution in [0.3, 0.4) is 0 Å². The van der Waals surface area contributed by atoms with E-state index in [1.807, 2.05) is 12.3 Å². The summed E-state index contributed by atoms with van der Waals surface area (Å²) < 4.78 is 2.20. The monoisotopic (exact) mass is 415 g/mol. The van der Waals surface area contributed by atoms with Crippen molar-refractivity contribution in [3.05, 3.63) is 29.3 Å². The van der Waals surface area contributed by atoms with E-state index in [0.717, 1.165) is 62.2 Å². The van der Waals surface area contributed by atoms with Crippen LogP contribution in [0.2, 0.25) is 5.02 Å². The maximum absolute atomic E-state index is 12.8. The van der Waals surface area contributed by atoms with E-state index in [1.54, 1.807) is 6.20 Å². The zero-order valence-electron chi connectivity index (χ0n) is 16.6. The summed E-state index contributed by atoms with van der Waals surface area (Å²) in [6.07, 6.45) is 10.00. The number of carbonyl (C=O) groups is 2. The highest BCUT2D eigenvalue weighted by molar-refractivity contribution is 6.33. The molecule has 1 aliphatic carbocycles. The molecule has 2 aromatic heterocycles. The summed E-state index contributed by atoms with van der Waals surface area (Å²) in [5, 5.41) is 6.42. The zero-order valence-corrected chi connectivity index (χ0v) is 17.3. The Kier molecular flexibility index (Phi) is 5.85. The van der Waals surface area contributed by atoms with Crippen LogP contribution in [0.5, 0.6) is 0 Å². The fourth-order valence-electron chi connectivity index (χ4n) is 4.41. The van der Waals surface area contributed by atoms with Gasteiger partial charge >= 0.3 is 0 Å². The Bertz CT molecular complexity index is 926. The summed E-state index contributed by atoms with van der Waals surface area (Å²) in [5.74, 6) is 1.32. The molecular formula is C21H26ClN5O2. The molecule has 8 heteroatoms. The number of fused-ring (bicyclic) bond motifs is 1. The van der Waals surface area contributed by atoms with Crippen molar-refractivity contribution in [3.8, 4) is 11.3 Å². The Balaban J connectivity index is 1.50. The summed E-state index contributed by atoms with van der Waals surface area (Å²) in [6, 6.07) is 1.89. The molecule has 2 aliphatic rings. The maximum atomic E-state index is 12.8. The Morgan fingerprint density at radius 1 is 1.17 bits per heavy atom.